The molecule has 1 aliphatic rings. The fourth-order valence-electron chi connectivity index (χ4n) is 3.71. The number of benzene rings is 2. The highest BCUT2D eigenvalue weighted by atomic mass is 32.1. The molecule has 1 amide bonds. The van der Waals surface area contributed by atoms with Gasteiger partial charge in [-0.2, -0.15) is 0 Å². The number of aromatic nitrogens is 2. The predicted molar refractivity (Wildman–Crippen MR) is 106 cm³/mol. The van der Waals surface area contributed by atoms with E-state index in [1.807, 2.05) is 16.5 Å². The highest BCUT2D eigenvalue weighted by Gasteiger charge is 2.24. The van der Waals surface area contributed by atoms with Crippen molar-refractivity contribution < 1.29 is 14.3 Å². The van der Waals surface area contributed by atoms with Gasteiger partial charge in [0, 0.05) is 29.9 Å². The monoisotopic (exact) mass is 396 g/mol. The minimum Gasteiger partial charge on any atom is -0.392 e. The van der Waals surface area contributed by atoms with Crippen molar-refractivity contribution in [3.63, 3.8) is 0 Å². The number of nitrogens with two attached hydrogens (primary N) is 1. The molecule has 8 heteroatoms. The lowest BCUT2D eigenvalue weighted by Gasteiger charge is -2.11. The van der Waals surface area contributed by atoms with Crippen LogP contribution in [-0.2, 0) is 0 Å². The Labute approximate surface area is 163 Å². The average Bonchev–Trinajstić information content (AvgIpc) is 3.35. The van der Waals surface area contributed by atoms with Crippen LogP contribution in [0.2, 0.25) is 0 Å². The summed E-state index contributed by atoms with van der Waals surface area (Å²) in [7, 11) is 0. The number of primary amides is 1. The van der Waals surface area contributed by atoms with E-state index in [1.54, 1.807) is 24.4 Å². The fourth-order valence-corrected chi connectivity index (χ4v) is 4.76. The summed E-state index contributed by atoms with van der Waals surface area (Å²) < 4.78 is 17.6. The molecule has 4 N–H and O–H groups in total. The van der Waals surface area contributed by atoms with Gasteiger partial charge in [0.15, 0.2) is 4.96 Å². The van der Waals surface area contributed by atoms with Gasteiger partial charge in [0.1, 0.15) is 5.82 Å². The van der Waals surface area contributed by atoms with Crippen LogP contribution in [0.25, 0.3) is 26.4 Å². The molecule has 0 radical (unpaired) electrons. The number of rotatable bonds is 3. The minimum atomic E-state index is -0.472. The number of aliphatic hydroxyl groups is 1. The van der Waals surface area contributed by atoms with Crippen molar-refractivity contribution in [3.05, 3.63) is 59.5 Å². The number of thiazole rings is 1. The number of halogens is 1. The highest BCUT2D eigenvalue weighted by molar-refractivity contribution is 7.23. The number of aliphatic hydroxyl groups excluding tert-OH is 1. The topological polar surface area (TPSA) is 92.7 Å². The van der Waals surface area contributed by atoms with Crippen molar-refractivity contribution >= 4 is 32.4 Å². The van der Waals surface area contributed by atoms with Gasteiger partial charge in [-0.25, -0.2) is 9.37 Å². The predicted octanol–water partition coefficient (Wildman–Crippen LogP) is 2.85. The van der Waals surface area contributed by atoms with Crippen LogP contribution < -0.4 is 11.1 Å². The Morgan fingerprint density at radius 1 is 1.32 bits per heavy atom. The van der Waals surface area contributed by atoms with Crippen LogP contribution in [0.5, 0.6) is 0 Å². The lowest BCUT2D eigenvalue weighted by molar-refractivity contribution is 0.100. The molecule has 3 heterocycles. The SMILES string of the molecule is NC(=O)c1ccc2c(c1)sc1nc(-c3ccc([C@@H]4C[C@H](O)CN4)cc3F)cn12. The maximum absolute atomic E-state index is 14.8. The Balaban J connectivity index is 1.53. The molecule has 1 saturated heterocycles. The largest absolute Gasteiger partial charge is 0.392 e. The van der Waals surface area contributed by atoms with Crippen LogP contribution in [0.4, 0.5) is 4.39 Å². The molecule has 2 aromatic heterocycles. The molecule has 2 aromatic carbocycles. The van der Waals surface area contributed by atoms with Gasteiger partial charge in [0.05, 0.1) is 22.0 Å². The molecule has 0 unspecified atom stereocenters. The molecule has 4 aromatic rings. The number of carbonyl (C=O) groups is 1. The summed E-state index contributed by atoms with van der Waals surface area (Å²) in [5.41, 5.74) is 8.49. The summed E-state index contributed by atoms with van der Waals surface area (Å²) in [6.45, 7) is 0.524. The van der Waals surface area contributed by atoms with Gasteiger partial charge >= 0.3 is 0 Å². The van der Waals surface area contributed by atoms with Crippen molar-refractivity contribution in [2.75, 3.05) is 6.54 Å². The maximum atomic E-state index is 14.8. The highest BCUT2D eigenvalue weighted by Crippen LogP contribution is 2.32. The Kier molecular flexibility index (Phi) is 3.94. The van der Waals surface area contributed by atoms with Crippen molar-refractivity contribution in [1.82, 2.24) is 14.7 Å². The van der Waals surface area contributed by atoms with Gasteiger partial charge < -0.3 is 16.2 Å². The summed E-state index contributed by atoms with van der Waals surface area (Å²) in [6.07, 6.45) is 1.99. The van der Waals surface area contributed by atoms with Gasteiger partial charge in [-0.15, -0.1) is 0 Å². The van der Waals surface area contributed by atoms with E-state index >= 15 is 0 Å². The molecule has 5 rings (SSSR count). The lowest BCUT2D eigenvalue weighted by atomic mass is 10.0. The maximum Gasteiger partial charge on any atom is 0.248 e. The lowest BCUT2D eigenvalue weighted by Crippen LogP contribution is -2.15. The zero-order valence-corrected chi connectivity index (χ0v) is 15.5. The number of amides is 1. The van der Waals surface area contributed by atoms with Crippen molar-refractivity contribution in [2.24, 2.45) is 5.73 Å². The summed E-state index contributed by atoms with van der Waals surface area (Å²) >= 11 is 1.42. The molecule has 1 fully saturated rings. The molecule has 0 bridgehead atoms. The first-order valence-electron chi connectivity index (χ1n) is 8.92. The van der Waals surface area contributed by atoms with Crippen molar-refractivity contribution in [2.45, 2.75) is 18.6 Å². The zero-order valence-electron chi connectivity index (χ0n) is 14.7. The smallest absolute Gasteiger partial charge is 0.248 e. The third kappa shape index (κ3) is 2.77. The third-order valence-electron chi connectivity index (χ3n) is 5.16. The number of β-amino-alcohol motifs (C(OH)–C–C–N with tert-alkyl or cyclic N) is 1. The van der Waals surface area contributed by atoms with Crippen LogP contribution in [-0.4, -0.2) is 33.0 Å². The van der Waals surface area contributed by atoms with E-state index < -0.39 is 12.0 Å². The van der Waals surface area contributed by atoms with Gasteiger partial charge in [-0.1, -0.05) is 17.4 Å². The molecular weight excluding hydrogens is 379 g/mol. The van der Waals surface area contributed by atoms with E-state index in [2.05, 4.69) is 10.3 Å². The number of imidazole rings is 1. The third-order valence-corrected chi connectivity index (χ3v) is 6.18. The van der Waals surface area contributed by atoms with Crippen LogP contribution in [0.3, 0.4) is 0 Å². The number of nitrogens with zero attached hydrogens (tertiary/aromatic N) is 2. The van der Waals surface area contributed by atoms with E-state index in [0.29, 0.717) is 29.8 Å². The standard InChI is InChI=1S/C20H17FN4O2S/c21-14-5-10(15-7-12(26)8-23-15)1-3-13(14)16-9-25-17-4-2-11(19(22)27)6-18(17)28-20(25)24-16/h1-6,9,12,15,23,26H,7-8H2,(H2,22,27)/t12-,15-/m0/s1. The molecular formula is C20H17FN4O2S. The van der Waals surface area contributed by atoms with E-state index in [4.69, 9.17) is 5.73 Å². The quantitative estimate of drug-likeness (QED) is 0.497. The number of hydrogen-bond donors (Lipinski definition) is 3. The Morgan fingerprint density at radius 2 is 2.18 bits per heavy atom. The molecule has 0 spiro atoms. The van der Waals surface area contributed by atoms with Crippen LogP contribution in [0, 0.1) is 5.82 Å². The summed E-state index contributed by atoms with van der Waals surface area (Å²) in [5.74, 6) is -0.813. The van der Waals surface area contributed by atoms with Gasteiger partial charge in [-0.3, -0.25) is 9.20 Å². The van der Waals surface area contributed by atoms with Gasteiger partial charge in [0.2, 0.25) is 5.91 Å². The minimum absolute atomic E-state index is 0.0348. The average molecular weight is 396 g/mol. The molecule has 28 heavy (non-hydrogen) atoms. The van der Waals surface area contributed by atoms with E-state index in [0.717, 1.165) is 20.7 Å². The second kappa shape index (κ2) is 6.37. The second-order valence-corrected chi connectivity index (χ2v) is 8.03. The van der Waals surface area contributed by atoms with Crippen molar-refractivity contribution in [1.29, 1.82) is 0 Å². The molecule has 0 saturated carbocycles. The van der Waals surface area contributed by atoms with Gasteiger partial charge in [-0.05, 0) is 42.3 Å². The Hall–Kier alpha value is -2.81. The summed E-state index contributed by atoms with van der Waals surface area (Å²) in [5, 5.41) is 12.9. The molecule has 142 valence electrons. The first-order valence-corrected chi connectivity index (χ1v) is 9.74. The van der Waals surface area contributed by atoms with Crippen LogP contribution in [0.1, 0.15) is 28.4 Å². The Morgan fingerprint density at radius 3 is 2.89 bits per heavy atom. The number of hydrogen-bond acceptors (Lipinski definition) is 5. The van der Waals surface area contributed by atoms with Crippen LogP contribution >= 0.6 is 11.3 Å². The van der Waals surface area contributed by atoms with Crippen LogP contribution in [0.15, 0.2) is 42.6 Å². The zero-order chi connectivity index (χ0) is 19.4. The first kappa shape index (κ1) is 17.3. The fraction of sp³-hybridized carbons (Fsp3) is 0.200. The molecule has 6 nitrogen and oxygen atoms in total. The molecule has 1 aliphatic heterocycles. The van der Waals surface area contributed by atoms with E-state index in [-0.39, 0.29) is 11.9 Å². The van der Waals surface area contributed by atoms with Gasteiger partial charge in [0.25, 0.3) is 0 Å². The molecule has 0 aliphatic carbocycles. The number of fused-ring (bicyclic) bond motifs is 3. The molecule has 2 atom stereocenters. The van der Waals surface area contributed by atoms with Crippen molar-refractivity contribution in [3.8, 4) is 11.3 Å². The summed E-state index contributed by atoms with van der Waals surface area (Å²) in [6, 6.07) is 10.3. The normalized spacial score (nSPS) is 19.6. The first-order chi connectivity index (χ1) is 13.5. The summed E-state index contributed by atoms with van der Waals surface area (Å²) in [4.78, 5) is 16.6. The number of carbonyl (C=O) groups excluding carboxylic acids is 1. The van der Waals surface area contributed by atoms with E-state index in [9.17, 15) is 14.3 Å². The number of nitrogens with one attached hydrogen (secondary N) is 1. The Bertz CT molecular complexity index is 1230. The second-order valence-electron chi connectivity index (χ2n) is 7.02. The van der Waals surface area contributed by atoms with E-state index in [1.165, 1.54) is 17.4 Å².